The predicted molar refractivity (Wildman–Crippen MR) is 102 cm³/mol. The molecule has 0 spiro atoms. The molecule has 1 radical (unpaired) electrons. The molecule has 0 amide bonds. The Morgan fingerprint density at radius 2 is 1.78 bits per heavy atom. The zero-order valence-corrected chi connectivity index (χ0v) is 18.1. The number of ketones is 1. The Labute approximate surface area is 173 Å². The molecule has 0 aliphatic rings. The first-order valence-corrected chi connectivity index (χ1v) is 8.22. The van der Waals surface area contributed by atoms with E-state index in [-0.39, 0.29) is 31.6 Å². The van der Waals surface area contributed by atoms with E-state index in [9.17, 15) is 4.79 Å². The van der Waals surface area contributed by atoms with Gasteiger partial charge in [-0.2, -0.15) is 15.0 Å². The summed E-state index contributed by atoms with van der Waals surface area (Å²) in [6.07, 6.45) is 2.94. The topological polar surface area (TPSA) is 68.0 Å². The third-order valence-corrected chi connectivity index (χ3v) is 3.53. The van der Waals surface area contributed by atoms with Crippen molar-refractivity contribution in [3.63, 3.8) is 0 Å². The number of hydrogen-bond donors (Lipinski definition) is 1. The van der Waals surface area contributed by atoms with E-state index < -0.39 is 0 Å². The van der Waals surface area contributed by atoms with Crippen molar-refractivity contribution < 1.29 is 30.0 Å². The number of aryl methyl sites for hydroxylation is 2. The number of aliphatic hydroxyl groups excluding tert-OH is 1. The molecule has 0 aliphatic carbocycles. The van der Waals surface area contributed by atoms with Crippen LogP contribution in [0.15, 0.2) is 60.5 Å². The molecule has 5 nitrogen and oxygen atoms in total. The molecule has 0 saturated heterocycles. The first-order chi connectivity index (χ1) is 12.4. The van der Waals surface area contributed by atoms with E-state index in [1.165, 1.54) is 31.1 Å². The molecular formula is C21H22IrN3O2-. The smallest absolute Gasteiger partial charge is 0.155 e. The van der Waals surface area contributed by atoms with Gasteiger partial charge in [-0.1, -0.05) is 18.2 Å². The second kappa shape index (κ2) is 10.6. The summed E-state index contributed by atoms with van der Waals surface area (Å²) >= 11 is 0. The number of nitrogens with zero attached hydrogens (tertiary/aromatic N) is 3. The van der Waals surface area contributed by atoms with Gasteiger partial charge in [0.1, 0.15) is 0 Å². The van der Waals surface area contributed by atoms with Crippen LogP contribution in [-0.4, -0.2) is 25.9 Å². The maximum Gasteiger partial charge on any atom is 0.155 e. The normalized spacial score (nSPS) is 10.4. The second-order valence-corrected chi connectivity index (χ2v) is 5.93. The molecule has 1 aromatic heterocycles. The SMILES string of the molecule is CC(=O)/C=C(/C)O.Cc1cccc(C)c1-n1ncc(-c2[c-]cccc2)n1.[Ir]. The molecular weight excluding hydrogens is 518 g/mol. The molecule has 0 fully saturated rings. The molecule has 0 saturated carbocycles. The largest absolute Gasteiger partial charge is 0.512 e. The minimum atomic E-state index is -0.125. The van der Waals surface area contributed by atoms with Gasteiger partial charge in [-0.25, -0.2) is 0 Å². The number of aliphatic hydroxyl groups is 1. The van der Waals surface area contributed by atoms with E-state index in [1.54, 1.807) is 11.0 Å². The third kappa shape index (κ3) is 6.59. The van der Waals surface area contributed by atoms with E-state index in [2.05, 4.69) is 42.2 Å². The van der Waals surface area contributed by atoms with Gasteiger partial charge < -0.3 is 5.11 Å². The number of aromatic nitrogens is 3. The summed E-state index contributed by atoms with van der Waals surface area (Å²) in [5.41, 5.74) is 5.17. The van der Waals surface area contributed by atoms with Crippen LogP contribution in [0.5, 0.6) is 0 Å². The van der Waals surface area contributed by atoms with Crippen molar-refractivity contribution >= 4 is 5.78 Å². The summed E-state index contributed by atoms with van der Waals surface area (Å²) < 4.78 is 0. The van der Waals surface area contributed by atoms with Crippen LogP contribution in [0.25, 0.3) is 16.9 Å². The third-order valence-electron chi connectivity index (χ3n) is 3.53. The number of para-hydroxylation sites is 1. The number of rotatable bonds is 3. The molecule has 3 rings (SSSR count). The number of hydrogen-bond acceptors (Lipinski definition) is 4. The number of carbonyl (C=O) groups excluding carboxylic acids is 1. The molecule has 0 atom stereocenters. The molecule has 1 heterocycles. The minimum Gasteiger partial charge on any atom is -0.512 e. The van der Waals surface area contributed by atoms with Gasteiger partial charge in [-0.3, -0.25) is 4.79 Å². The molecule has 143 valence electrons. The average molecular weight is 541 g/mol. The quantitative estimate of drug-likeness (QED) is 0.304. The summed E-state index contributed by atoms with van der Waals surface area (Å²) in [5, 5.41) is 17.3. The molecule has 3 aromatic rings. The van der Waals surface area contributed by atoms with Gasteiger partial charge in [0.2, 0.25) is 0 Å². The Hall–Kier alpha value is -2.56. The first-order valence-electron chi connectivity index (χ1n) is 8.22. The van der Waals surface area contributed by atoms with Gasteiger partial charge in [0.15, 0.2) is 5.78 Å². The van der Waals surface area contributed by atoms with E-state index in [0.717, 1.165) is 16.9 Å². The van der Waals surface area contributed by atoms with Crippen molar-refractivity contribution in [1.82, 2.24) is 15.0 Å². The summed E-state index contributed by atoms with van der Waals surface area (Å²) in [6.45, 7) is 6.99. The number of allylic oxidation sites excluding steroid dienone is 2. The summed E-state index contributed by atoms with van der Waals surface area (Å²) in [4.78, 5) is 11.7. The van der Waals surface area contributed by atoms with Gasteiger partial charge in [-0.05, 0) is 38.8 Å². The van der Waals surface area contributed by atoms with Gasteiger partial charge in [0, 0.05) is 38.1 Å². The van der Waals surface area contributed by atoms with E-state index >= 15 is 0 Å². The van der Waals surface area contributed by atoms with Crippen LogP contribution < -0.4 is 0 Å². The fourth-order valence-electron chi connectivity index (χ4n) is 2.46. The second-order valence-electron chi connectivity index (χ2n) is 5.93. The number of carbonyl (C=O) groups is 1. The molecule has 0 unspecified atom stereocenters. The van der Waals surface area contributed by atoms with Crippen molar-refractivity contribution in [3.8, 4) is 16.9 Å². The fourth-order valence-corrected chi connectivity index (χ4v) is 2.46. The molecule has 0 bridgehead atoms. The van der Waals surface area contributed by atoms with Crippen molar-refractivity contribution in [2.24, 2.45) is 0 Å². The predicted octanol–water partition coefficient (Wildman–Crippen LogP) is 4.39. The van der Waals surface area contributed by atoms with Crippen molar-refractivity contribution in [1.29, 1.82) is 0 Å². The fraction of sp³-hybridized carbons (Fsp3) is 0.190. The maximum atomic E-state index is 10.0. The molecule has 0 aliphatic heterocycles. The molecule has 27 heavy (non-hydrogen) atoms. The van der Waals surface area contributed by atoms with Crippen molar-refractivity contribution in [2.75, 3.05) is 0 Å². The van der Waals surface area contributed by atoms with Crippen LogP contribution in [0.1, 0.15) is 25.0 Å². The van der Waals surface area contributed by atoms with Crippen LogP contribution in [-0.2, 0) is 24.9 Å². The Balaban J connectivity index is 0.000000395. The van der Waals surface area contributed by atoms with Crippen molar-refractivity contribution in [2.45, 2.75) is 27.7 Å². The van der Waals surface area contributed by atoms with E-state index in [0.29, 0.717) is 0 Å². The molecule has 2 aromatic carbocycles. The van der Waals surface area contributed by atoms with Crippen LogP contribution in [0.3, 0.4) is 0 Å². The summed E-state index contributed by atoms with van der Waals surface area (Å²) in [5.74, 6) is -0.0625. The van der Waals surface area contributed by atoms with Crippen LogP contribution in [0, 0.1) is 19.9 Å². The van der Waals surface area contributed by atoms with Crippen LogP contribution in [0.4, 0.5) is 0 Å². The van der Waals surface area contributed by atoms with Crippen LogP contribution >= 0.6 is 0 Å². The zero-order chi connectivity index (χ0) is 19.1. The Bertz CT molecular complexity index is 894. The number of benzene rings is 2. The minimum absolute atomic E-state index is 0. The van der Waals surface area contributed by atoms with Gasteiger partial charge >= 0.3 is 0 Å². The zero-order valence-electron chi connectivity index (χ0n) is 15.7. The first kappa shape index (κ1) is 22.5. The molecule has 6 heteroatoms. The summed E-state index contributed by atoms with van der Waals surface area (Å²) in [6, 6.07) is 17.1. The monoisotopic (exact) mass is 541 g/mol. The van der Waals surface area contributed by atoms with E-state index in [1.807, 2.05) is 30.3 Å². The van der Waals surface area contributed by atoms with Crippen LogP contribution in [0.2, 0.25) is 0 Å². The van der Waals surface area contributed by atoms with Gasteiger partial charge in [0.25, 0.3) is 0 Å². The van der Waals surface area contributed by atoms with Gasteiger partial charge in [-0.15, -0.1) is 35.9 Å². The standard InChI is InChI=1S/C16H14N3.C5H8O2.Ir/c1-12-7-6-8-13(2)16(12)19-17-11-15(18-19)14-9-4-3-5-10-14;1-4(6)3-5(2)7;/h3-9,11H,1-2H3;3,6H,1-2H3;/q-1;;/b;4-3-;. The Morgan fingerprint density at radius 3 is 2.26 bits per heavy atom. The van der Waals surface area contributed by atoms with E-state index in [4.69, 9.17) is 5.11 Å². The van der Waals surface area contributed by atoms with Crippen molar-refractivity contribution in [3.05, 3.63) is 77.7 Å². The Morgan fingerprint density at radius 1 is 1.11 bits per heavy atom. The maximum absolute atomic E-state index is 10.0. The Kier molecular flexibility index (Phi) is 8.79. The molecule has 1 N–H and O–H groups in total. The van der Waals surface area contributed by atoms with Gasteiger partial charge in [0.05, 0.1) is 11.4 Å². The average Bonchev–Trinajstić information content (AvgIpc) is 3.04. The summed E-state index contributed by atoms with van der Waals surface area (Å²) in [7, 11) is 0.